The van der Waals surface area contributed by atoms with Crippen LogP contribution in [0.2, 0.25) is 0 Å². The largest absolute Gasteiger partial charge is 0.370 e. The number of hydrogen-bond donors (Lipinski definition) is 1. The molecular formula is C11H20IN3S. The average Bonchev–Trinajstić information content (AvgIpc) is 3.12. The van der Waals surface area contributed by atoms with Crippen molar-refractivity contribution in [2.75, 3.05) is 24.6 Å². The second-order valence-electron chi connectivity index (χ2n) is 4.89. The minimum atomic E-state index is 0. The molecule has 92 valence electrons. The second-order valence-corrected chi connectivity index (χ2v) is 6.12. The van der Waals surface area contributed by atoms with Gasteiger partial charge in [-0.1, -0.05) is 0 Å². The summed E-state index contributed by atoms with van der Waals surface area (Å²) in [6.45, 7) is 2.17. The summed E-state index contributed by atoms with van der Waals surface area (Å²) in [5, 5.41) is 0. The van der Waals surface area contributed by atoms with Crippen LogP contribution >= 0.6 is 35.7 Å². The zero-order valence-corrected chi connectivity index (χ0v) is 12.6. The normalized spacial score (nSPS) is 34.5. The highest BCUT2D eigenvalue weighted by Crippen LogP contribution is 2.51. The SMILES string of the molecule is I.NC(=N[C@@H]1C[C@H]1C1CC1)N1CCSCC1. The molecule has 3 fully saturated rings. The van der Waals surface area contributed by atoms with E-state index in [0.29, 0.717) is 6.04 Å². The second kappa shape index (κ2) is 5.33. The standard InChI is InChI=1S/C11H19N3S.HI/c12-11(14-3-5-15-6-4-14)13-10-7-9(10)8-1-2-8;/h8-10H,1-7H2,(H2,12,13);1H/t9-,10+;/m0./s1. The molecular weight excluding hydrogens is 333 g/mol. The first-order valence-electron chi connectivity index (χ1n) is 6.00. The molecule has 2 saturated carbocycles. The van der Waals surface area contributed by atoms with E-state index in [2.05, 4.69) is 9.89 Å². The van der Waals surface area contributed by atoms with Crippen LogP contribution in [0.4, 0.5) is 0 Å². The van der Waals surface area contributed by atoms with Gasteiger partial charge in [0.15, 0.2) is 5.96 Å². The zero-order chi connectivity index (χ0) is 10.3. The van der Waals surface area contributed by atoms with Crippen molar-refractivity contribution >= 4 is 41.7 Å². The molecule has 1 heterocycles. The van der Waals surface area contributed by atoms with E-state index in [9.17, 15) is 0 Å². The van der Waals surface area contributed by atoms with Gasteiger partial charge >= 0.3 is 0 Å². The highest BCUT2D eigenvalue weighted by molar-refractivity contribution is 14.0. The Bertz CT molecular complexity index is 274. The number of hydrogen-bond acceptors (Lipinski definition) is 2. The zero-order valence-electron chi connectivity index (χ0n) is 9.47. The lowest BCUT2D eigenvalue weighted by molar-refractivity contribution is 0.454. The van der Waals surface area contributed by atoms with Crippen molar-refractivity contribution in [1.82, 2.24) is 4.90 Å². The van der Waals surface area contributed by atoms with E-state index in [1.165, 1.54) is 30.8 Å². The predicted octanol–water partition coefficient (Wildman–Crippen LogP) is 1.77. The maximum atomic E-state index is 6.04. The van der Waals surface area contributed by atoms with Gasteiger partial charge in [0.1, 0.15) is 0 Å². The van der Waals surface area contributed by atoms with Gasteiger partial charge in [0.2, 0.25) is 0 Å². The molecule has 0 aromatic rings. The van der Waals surface area contributed by atoms with Gasteiger partial charge in [0.25, 0.3) is 0 Å². The van der Waals surface area contributed by atoms with Crippen molar-refractivity contribution in [2.24, 2.45) is 22.6 Å². The maximum absolute atomic E-state index is 6.04. The Morgan fingerprint density at radius 2 is 1.94 bits per heavy atom. The van der Waals surface area contributed by atoms with Gasteiger partial charge in [-0.05, 0) is 31.1 Å². The Balaban J connectivity index is 0.000000963. The first-order chi connectivity index (χ1) is 7.34. The Kier molecular flexibility index (Phi) is 4.26. The van der Waals surface area contributed by atoms with Crippen molar-refractivity contribution in [3.05, 3.63) is 0 Å². The molecule has 0 amide bonds. The lowest BCUT2D eigenvalue weighted by Gasteiger charge is -2.27. The third kappa shape index (κ3) is 2.97. The molecule has 0 bridgehead atoms. The summed E-state index contributed by atoms with van der Waals surface area (Å²) in [6, 6.07) is 0.576. The topological polar surface area (TPSA) is 41.6 Å². The first-order valence-corrected chi connectivity index (χ1v) is 7.16. The van der Waals surface area contributed by atoms with E-state index in [0.717, 1.165) is 30.9 Å². The Hall–Kier alpha value is 0.350. The van der Waals surface area contributed by atoms with Gasteiger partial charge in [0.05, 0.1) is 6.04 Å². The number of rotatable bonds is 2. The summed E-state index contributed by atoms with van der Waals surface area (Å²) >= 11 is 2.01. The lowest BCUT2D eigenvalue weighted by Crippen LogP contribution is -2.42. The Labute approximate surface area is 119 Å². The molecule has 0 unspecified atom stereocenters. The Morgan fingerprint density at radius 1 is 1.25 bits per heavy atom. The van der Waals surface area contributed by atoms with E-state index in [1.54, 1.807) is 0 Å². The summed E-state index contributed by atoms with van der Waals surface area (Å²) in [5.41, 5.74) is 6.04. The maximum Gasteiger partial charge on any atom is 0.191 e. The van der Waals surface area contributed by atoms with E-state index in [-0.39, 0.29) is 24.0 Å². The summed E-state index contributed by atoms with van der Waals surface area (Å²) in [7, 11) is 0. The number of nitrogens with two attached hydrogens (primary N) is 1. The summed E-state index contributed by atoms with van der Waals surface area (Å²) in [4.78, 5) is 6.91. The fraction of sp³-hybridized carbons (Fsp3) is 0.909. The van der Waals surface area contributed by atoms with Crippen LogP contribution in [0.3, 0.4) is 0 Å². The van der Waals surface area contributed by atoms with Gasteiger partial charge in [0, 0.05) is 24.6 Å². The van der Waals surface area contributed by atoms with E-state index in [1.807, 2.05) is 11.8 Å². The minimum Gasteiger partial charge on any atom is -0.370 e. The summed E-state index contributed by atoms with van der Waals surface area (Å²) in [6.07, 6.45) is 4.18. The van der Waals surface area contributed by atoms with Crippen molar-refractivity contribution in [2.45, 2.75) is 25.3 Å². The predicted molar refractivity (Wildman–Crippen MR) is 80.6 cm³/mol. The molecule has 2 N–H and O–H groups in total. The number of halogens is 1. The Morgan fingerprint density at radius 3 is 2.56 bits per heavy atom. The first kappa shape index (κ1) is 12.8. The van der Waals surface area contributed by atoms with Crippen molar-refractivity contribution in [1.29, 1.82) is 0 Å². The highest BCUT2D eigenvalue weighted by Gasteiger charge is 2.47. The number of aliphatic imine (C=N–C) groups is 1. The van der Waals surface area contributed by atoms with Gasteiger partial charge in [-0.3, -0.25) is 0 Å². The van der Waals surface area contributed by atoms with Crippen molar-refractivity contribution < 1.29 is 0 Å². The van der Waals surface area contributed by atoms with Crippen molar-refractivity contribution in [3.8, 4) is 0 Å². The van der Waals surface area contributed by atoms with Crippen LogP contribution in [0, 0.1) is 11.8 Å². The molecule has 3 aliphatic rings. The molecule has 3 nitrogen and oxygen atoms in total. The molecule has 2 aliphatic carbocycles. The van der Waals surface area contributed by atoms with Gasteiger partial charge < -0.3 is 10.6 Å². The smallest absolute Gasteiger partial charge is 0.191 e. The van der Waals surface area contributed by atoms with Crippen LogP contribution in [0.15, 0.2) is 4.99 Å². The third-order valence-electron chi connectivity index (χ3n) is 3.67. The monoisotopic (exact) mass is 353 g/mol. The fourth-order valence-corrected chi connectivity index (χ4v) is 3.33. The van der Waals surface area contributed by atoms with Crippen LogP contribution < -0.4 is 5.73 Å². The van der Waals surface area contributed by atoms with E-state index in [4.69, 9.17) is 5.73 Å². The van der Waals surface area contributed by atoms with Crippen LogP contribution in [0.1, 0.15) is 19.3 Å². The molecule has 0 spiro atoms. The van der Waals surface area contributed by atoms with Crippen LogP contribution in [-0.2, 0) is 0 Å². The molecule has 2 atom stereocenters. The molecule has 5 heteroatoms. The number of nitrogens with zero attached hydrogens (tertiary/aromatic N) is 2. The lowest BCUT2D eigenvalue weighted by atomic mass is 10.3. The molecule has 0 aromatic heterocycles. The summed E-state index contributed by atoms with van der Waals surface area (Å²) in [5.74, 6) is 5.11. The average molecular weight is 353 g/mol. The van der Waals surface area contributed by atoms with Crippen LogP contribution in [0.25, 0.3) is 0 Å². The van der Waals surface area contributed by atoms with Gasteiger partial charge in [-0.25, -0.2) is 4.99 Å². The van der Waals surface area contributed by atoms with E-state index < -0.39 is 0 Å². The van der Waals surface area contributed by atoms with Crippen LogP contribution in [-0.4, -0.2) is 41.5 Å². The number of guanidine groups is 1. The molecule has 1 aliphatic heterocycles. The van der Waals surface area contributed by atoms with Crippen molar-refractivity contribution in [3.63, 3.8) is 0 Å². The quantitative estimate of drug-likeness (QED) is 0.467. The molecule has 0 radical (unpaired) electrons. The molecule has 1 saturated heterocycles. The molecule has 0 aromatic carbocycles. The van der Waals surface area contributed by atoms with Gasteiger partial charge in [-0.2, -0.15) is 11.8 Å². The summed E-state index contributed by atoms with van der Waals surface area (Å²) < 4.78 is 0. The molecule has 3 rings (SSSR count). The minimum absolute atomic E-state index is 0. The highest BCUT2D eigenvalue weighted by atomic mass is 127. The third-order valence-corrected chi connectivity index (χ3v) is 4.61. The van der Waals surface area contributed by atoms with Gasteiger partial charge in [-0.15, -0.1) is 24.0 Å². The molecule has 16 heavy (non-hydrogen) atoms. The van der Waals surface area contributed by atoms with Crippen LogP contribution in [0.5, 0.6) is 0 Å². The number of thioether (sulfide) groups is 1. The van der Waals surface area contributed by atoms with E-state index >= 15 is 0 Å². The fourth-order valence-electron chi connectivity index (χ4n) is 2.42.